The fourth-order valence-corrected chi connectivity index (χ4v) is 2.05. The maximum atomic E-state index is 13.4. The molecular formula is C14H18FN3O2. The van der Waals surface area contributed by atoms with Crippen LogP contribution in [-0.2, 0) is 9.59 Å². The van der Waals surface area contributed by atoms with Crippen molar-refractivity contribution in [3.05, 3.63) is 29.6 Å². The summed E-state index contributed by atoms with van der Waals surface area (Å²) in [6.45, 7) is 4.22. The van der Waals surface area contributed by atoms with Crippen molar-refractivity contribution >= 4 is 17.5 Å². The van der Waals surface area contributed by atoms with Crippen LogP contribution in [0.3, 0.4) is 0 Å². The third-order valence-corrected chi connectivity index (χ3v) is 3.25. The van der Waals surface area contributed by atoms with Crippen molar-refractivity contribution in [2.45, 2.75) is 13.3 Å². The van der Waals surface area contributed by atoms with Gasteiger partial charge in [-0.2, -0.15) is 0 Å². The average molecular weight is 279 g/mol. The number of hydrogen-bond donors (Lipinski definition) is 2. The number of amides is 2. The molecule has 2 rings (SSSR count). The van der Waals surface area contributed by atoms with Gasteiger partial charge in [-0.15, -0.1) is 0 Å². The van der Waals surface area contributed by atoms with Crippen LogP contribution in [0.4, 0.5) is 10.1 Å². The molecule has 0 aliphatic carbocycles. The van der Waals surface area contributed by atoms with E-state index in [4.69, 9.17) is 0 Å². The Balaban J connectivity index is 1.99. The highest BCUT2D eigenvalue weighted by Crippen LogP contribution is 2.13. The van der Waals surface area contributed by atoms with Crippen molar-refractivity contribution in [1.82, 2.24) is 10.2 Å². The Morgan fingerprint density at radius 2 is 2.10 bits per heavy atom. The van der Waals surface area contributed by atoms with Crippen LogP contribution in [0, 0.1) is 12.7 Å². The Morgan fingerprint density at radius 3 is 2.85 bits per heavy atom. The van der Waals surface area contributed by atoms with E-state index < -0.39 is 17.6 Å². The van der Waals surface area contributed by atoms with Crippen molar-refractivity contribution < 1.29 is 14.0 Å². The summed E-state index contributed by atoms with van der Waals surface area (Å²) in [4.78, 5) is 25.4. The molecular weight excluding hydrogens is 261 g/mol. The second-order valence-electron chi connectivity index (χ2n) is 4.81. The van der Waals surface area contributed by atoms with Gasteiger partial charge in [0, 0.05) is 25.3 Å². The van der Waals surface area contributed by atoms with Gasteiger partial charge in [0.05, 0.1) is 0 Å². The lowest BCUT2D eigenvalue weighted by Crippen LogP contribution is -2.41. The number of hydrogen-bond acceptors (Lipinski definition) is 3. The van der Waals surface area contributed by atoms with Gasteiger partial charge in [-0.25, -0.2) is 4.39 Å². The molecule has 0 aromatic heterocycles. The highest BCUT2D eigenvalue weighted by Gasteiger charge is 2.22. The SMILES string of the molecule is Cc1ccc(NC(=O)C(=O)N2CCCNCC2)cc1F. The van der Waals surface area contributed by atoms with Crippen molar-refractivity contribution in [1.29, 1.82) is 0 Å². The first kappa shape index (κ1) is 14.5. The van der Waals surface area contributed by atoms with Crippen LogP contribution in [0.5, 0.6) is 0 Å². The largest absolute Gasteiger partial charge is 0.333 e. The summed E-state index contributed by atoms with van der Waals surface area (Å²) >= 11 is 0. The van der Waals surface area contributed by atoms with Crippen LogP contribution in [0.15, 0.2) is 18.2 Å². The van der Waals surface area contributed by atoms with E-state index in [1.54, 1.807) is 19.1 Å². The van der Waals surface area contributed by atoms with E-state index in [-0.39, 0.29) is 0 Å². The number of nitrogens with one attached hydrogen (secondary N) is 2. The zero-order valence-corrected chi connectivity index (χ0v) is 11.4. The Morgan fingerprint density at radius 1 is 1.30 bits per heavy atom. The third kappa shape index (κ3) is 3.54. The molecule has 6 heteroatoms. The Bertz CT molecular complexity index is 511. The smallest absolute Gasteiger partial charge is 0.313 e. The fourth-order valence-electron chi connectivity index (χ4n) is 2.05. The minimum Gasteiger partial charge on any atom is -0.333 e. The molecule has 5 nitrogen and oxygen atoms in total. The lowest BCUT2D eigenvalue weighted by molar-refractivity contribution is -0.143. The standard InChI is InChI=1S/C14H18FN3O2/c1-10-3-4-11(9-12(10)15)17-13(19)14(20)18-7-2-5-16-6-8-18/h3-4,9,16H,2,5-8H2,1H3,(H,17,19). The number of aryl methyl sites for hydroxylation is 1. The van der Waals surface area contributed by atoms with E-state index in [1.165, 1.54) is 11.0 Å². The topological polar surface area (TPSA) is 61.4 Å². The molecule has 108 valence electrons. The molecule has 1 saturated heterocycles. The van der Waals surface area contributed by atoms with Gasteiger partial charge < -0.3 is 15.5 Å². The number of benzene rings is 1. The lowest BCUT2D eigenvalue weighted by atomic mass is 10.2. The molecule has 20 heavy (non-hydrogen) atoms. The molecule has 1 aliphatic heterocycles. The molecule has 0 bridgehead atoms. The van der Waals surface area contributed by atoms with Gasteiger partial charge in [0.25, 0.3) is 0 Å². The monoisotopic (exact) mass is 279 g/mol. The number of carbonyl (C=O) groups is 2. The van der Waals surface area contributed by atoms with Crippen molar-refractivity contribution in [2.24, 2.45) is 0 Å². The summed E-state index contributed by atoms with van der Waals surface area (Å²) in [5.41, 5.74) is 0.785. The molecule has 2 N–H and O–H groups in total. The number of anilines is 1. The molecule has 0 unspecified atom stereocenters. The van der Waals surface area contributed by atoms with Gasteiger partial charge in [0.2, 0.25) is 0 Å². The minimum absolute atomic E-state index is 0.291. The highest BCUT2D eigenvalue weighted by atomic mass is 19.1. The number of halogens is 1. The van der Waals surface area contributed by atoms with E-state index in [0.717, 1.165) is 13.0 Å². The van der Waals surface area contributed by atoms with Gasteiger partial charge in [-0.3, -0.25) is 9.59 Å². The predicted molar refractivity (Wildman–Crippen MR) is 73.8 cm³/mol. The van der Waals surface area contributed by atoms with E-state index in [1.807, 2.05) is 0 Å². The van der Waals surface area contributed by atoms with Crippen LogP contribution in [-0.4, -0.2) is 42.9 Å². The Labute approximate surface area is 117 Å². The zero-order valence-electron chi connectivity index (χ0n) is 11.4. The van der Waals surface area contributed by atoms with E-state index >= 15 is 0 Å². The van der Waals surface area contributed by atoms with Crippen molar-refractivity contribution in [3.8, 4) is 0 Å². The number of rotatable bonds is 1. The first-order chi connectivity index (χ1) is 9.58. The lowest BCUT2D eigenvalue weighted by Gasteiger charge is -2.19. The molecule has 0 saturated carbocycles. The van der Waals surface area contributed by atoms with Gasteiger partial charge >= 0.3 is 11.8 Å². The van der Waals surface area contributed by atoms with Gasteiger partial charge in [-0.1, -0.05) is 6.07 Å². The van der Waals surface area contributed by atoms with Crippen molar-refractivity contribution in [2.75, 3.05) is 31.5 Å². The van der Waals surface area contributed by atoms with Crippen molar-refractivity contribution in [3.63, 3.8) is 0 Å². The van der Waals surface area contributed by atoms with Gasteiger partial charge in [-0.05, 0) is 37.6 Å². The first-order valence-corrected chi connectivity index (χ1v) is 6.65. The first-order valence-electron chi connectivity index (χ1n) is 6.65. The summed E-state index contributed by atoms with van der Waals surface area (Å²) in [6, 6.07) is 4.35. The average Bonchev–Trinajstić information content (AvgIpc) is 2.71. The molecule has 0 spiro atoms. The molecule has 1 fully saturated rings. The molecule has 1 heterocycles. The molecule has 1 aromatic carbocycles. The summed E-state index contributed by atoms with van der Waals surface area (Å²) in [7, 11) is 0. The van der Waals surface area contributed by atoms with E-state index in [9.17, 15) is 14.0 Å². The molecule has 2 amide bonds. The van der Waals surface area contributed by atoms with Crippen LogP contribution >= 0.6 is 0 Å². The Kier molecular flexibility index (Phi) is 4.68. The summed E-state index contributed by atoms with van der Waals surface area (Å²) in [6.07, 6.45) is 0.818. The van der Waals surface area contributed by atoms with Crippen LogP contribution < -0.4 is 10.6 Å². The second kappa shape index (κ2) is 6.47. The molecule has 1 aromatic rings. The molecule has 0 radical (unpaired) electrons. The second-order valence-corrected chi connectivity index (χ2v) is 4.81. The molecule has 0 atom stereocenters. The van der Waals surface area contributed by atoms with E-state index in [2.05, 4.69) is 10.6 Å². The quantitative estimate of drug-likeness (QED) is 0.751. The summed E-state index contributed by atoms with van der Waals surface area (Å²) < 4.78 is 13.4. The maximum Gasteiger partial charge on any atom is 0.313 e. The highest BCUT2D eigenvalue weighted by molar-refractivity contribution is 6.39. The number of nitrogens with zero attached hydrogens (tertiary/aromatic N) is 1. The van der Waals surface area contributed by atoms with Crippen LogP contribution in [0.25, 0.3) is 0 Å². The fraction of sp³-hybridized carbons (Fsp3) is 0.429. The number of carbonyl (C=O) groups excluding carboxylic acids is 2. The van der Waals surface area contributed by atoms with Gasteiger partial charge in [0.1, 0.15) is 5.82 Å². The third-order valence-electron chi connectivity index (χ3n) is 3.25. The zero-order chi connectivity index (χ0) is 14.5. The van der Waals surface area contributed by atoms with Crippen LogP contribution in [0.1, 0.15) is 12.0 Å². The van der Waals surface area contributed by atoms with Gasteiger partial charge in [0.15, 0.2) is 0 Å². The minimum atomic E-state index is -0.727. The summed E-state index contributed by atoms with van der Waals surface area (Å²) in [5, 5.41) is 5.60. The predicted octanol–water partition coefficient (Wildman–Crippen LogP) is 0.895. The van der Waals surface area contributed by atoms with Crippen LogP contribution in [0.2, 0.25) is 0 Å². The Hall–Kier alpha value is -1.95. The maximum absolute atomic E-state index is 13.4. The van der Waals surface area contributed by atoms with E-state index in [0.29, 0.717) is 30.9 Å². The molecule has 1 aliphatic rings. The summed E-state index contributed by atoms with van der Waals surface area (Å²) in [5.74, 6) is -1.71. The normalized spacial score (nSPS) is 15.6.